The van der Waals surface area contributed by atoms with Crippen LogP contribution in [0.15, 0.2) is 0 Å². The number of hydrogen-bond donors (Lipinski definition) is 1. The summed E-state index contributed by atoms with van der Waals surface area (Å²) in [5, 5.41) is 0. The zero-order chi connectivity index (χ0) is 10.6. The molecule has 1 heterocycles. The van der Waals surface area contributed by atoms with Crippen LogP contribution in [0.5, 0.6) is 0 Å². The molecule has 0 amide bonds. The van der Waals surface area contributed by atoms with Crippen LogP contribution >= 0.6 is 0 Å². The molecule has 0 unspecified atom stereocenters. The Morgan fingerprint density at radius 3 is 2.36 bits per heavy atom. The van der Waals surface area contributed by atoms with E-state index in [-0.39, 0.29) is 0 Å². The van der Waals surface area contributed by atoms with Crippen LogP contribution in [0.1, 0.15) is 19.3 Å². The quantitative estimate of drug-likeness (QED) is 0.703. The summed E-state index contributed by atoms with van der Waals surface area (Å²) < 4.78 is 26.6. The average Bonchev–Trinajstić information content (AvgIpc) is 2.19. The van der Waals surface area contributed by atoms with Gasteiger partial charge in [0.1, 0.15) is 0 Å². The average molecular weight is 221 g/mol. The molecular weight excluding hydrogens is 202 g/mol. The summed E-state index contributed by atoms with van der Waals surface area (Å²) >= 11 is 0. The lowest BCUT2D eigenvalue weighted by Gasteiger charge is -2.29. The van der Waals surface area contributed by atoms with Gasteiger partial charge in [0.2, 0.25) is 0 Å². The zero-order valence-corrected chi connectivity index (χ0v) is 9.46. The largest absolute Gasteiger partial charge is 0.329 e. The molecule has 0 radical (unpaired) electrons. The van der Waals surface area contributed by atoms with Crippen molar-refractivity contribution in [3.05, 3.63) is 0 Å². The third-order valence-electron chi connectivity index (χ3n) is 2.48. The molecule has 1 fully saturated rings. The highest BCUT2D eigenvalue weighted by Crippen LogP contribution is 2.14. The zero-order valence-electron chi connectivity index (χ0n) is 8.65. The lowest BCUT2D eigenvalue weighted by atomic mass is 10.2. The Morgan fingerprint density at radius 1 is 1.29 bits per heavy atom. The van der Waals surface area contributed by atoms with Gasteiger partial charge in [-0.2, -0.15) is 17.0 Å². The van der Waals surface area contributed by atoms with Crippen molar-refractivity contribution < 1.29 is 8.42 Å². The fourth-order valence-electron chi connectivity index (χ4n) is 1.59. The van der Waals surface area contributed by atoms with Crippen LogP contribution in [0.25, 0.3) is 0 Å². The lowest BCUT2D eigenvalue weighted by molar-refractivity contribution is 0.317. The smallest absolute Gasteiger partial charge is 0.281 e. The minimum absolute atomic E-state index is 0.365. The van der Waals surface area contributed by atoms with E-state index in [4.69, 9.17) is 5.73 Å². The molecule has 0 aromatic carbocycles. The van der Waals surface area contributed by atoms with E-state index in [0.717, 1.165) is 19.3 Å². The second-order valence-corrected chi connectivity index (χ2v) is 5.61. The van der Waals surface area contributed by atoms with Gasteiger partial charge in [-0.15, -0.1) is 0 Å². The third-order valence-corrected chi connectivity index (χ3v) is 4.47. The molecular formula is C8H19N3O2S. The Morgan fingerprint density at radius 2 is 1.86 bits per heavy atom. The van der Waals surface area contributed by atoms with Gasteiger partial charge in [0.25, 0.3) is 10.2 Å². The van der Waals surface area contributed by atoms with E-state index < -0.39 is 10.2 Å². The van der Waals surface area contributed by atoms with Crippen LogP contribution in [0.3, 0.4) is 0 Å². The molecule has 0 bridgehead atoms. The number of hydrogen-bond acceptors (Lipinski definition) is 3. The van der Waals surface area contributed by atoms with Gasteiger partial charge in [-0.1, -0.05) is 6.42 Å². The van der Waals surface area contributed by atoms with Gasteiger partial charge in [0.15, 0.2) is 0 Å². The van der Waals surface area contributed by atoms with Crippen molar-refractivity contribution in [1.29, 1.82) is 0 Å². The molecule has 5 nitrogen and oxygen atoms in total. The molecule has 1 aliphatic heterocycles. The molecule has 6 heteroatoms. The van der Waals surface area contributed by atoms with Crippen LogP contribution < -0.4 is 5.73 Å². The topological polar surface area (TPSA) is 66.6 Å². The predicted molar refractivity (Wildman–Crippen MR) is 56.0 cm³/mol. The standard InChI is InChI=1S/C8H19N3O2S/c1-10(8-5-9)14(12,13)11-6-3-2-4-7-11/h2-9H2,1H3. The summed E-state index contributed by atoms with van der Waals surface area (Å²) in [5.74, 6) is 0. The van der Waals surface area contributed by atoms with E-state index >= 15 is 0 Å². The number of rotatable bonds is 4. The first kappa shape index (κ1) is 11.9. The minimum Gasteiger partial charge on any atom is -0.329 e. The van der Waals surface area contributed by atoms with Gasteiger partial charge < -0.3 is 5.73 Å². The molecule has 2 N–H and O–H groups in total. The molecule has 1 rings (SSSR count). The highest BCUT2D eigenvalue weighted by molar-refractivity contribution is 7.86. The number of nitrogens with two attached hydrogens (primary N) is 1. The van der Waals surface area contributed by atoms with E-state index in [2.05, 4.69) is 0 Å². The van der Waals surface area contributed by atoms with Crippen LogP contribution in [0.4, 0.5) is 0 Å². The molecule has 0 aliphatic carbocycles. The first-order valence-corrected chi connectivity index (χ1v) is 6.40. The van der Waals surface area contributed by atoms with Crippen molar-refractivity contribution in [3.63, 3.8) is 0 Å². The summed E-state index contributed by atoms with van der Waals surface area (Å²) in [5.41, 5.74) is 5.33. The monoisotopic (exact) mass is 221 g/mol. The highest BCUT2D eigenvalue weighted by atomic mass is 32.2. The first-order chi connectivity index (χ1) is 6.59. The number of nitrogens with zero attached hydrogens (tertiary/aromatic N) is 2. The van der Waals surface area contributed by atoms with Crippen LogP contribution in [0.2, 0.25) is 0 Å². The number of likely N-dealkylation sites (N-methyl/N-ethyl adjacent to an activating group) is 1. The molecule has 1 aliphatic rings. The number of piperidine rings is 1. The van der Waals surface area contributed by atoms with Gasteiger partial charge in [0.05, 0.1) is 0 Å². The fraction of sp³-hybridized carbons (Fsp3) is 1.00. The highest BCUT2D eigenvalue weighted by Gasteiger charge is 2.27. The Hall–Kier alpha value is -0.170. The van der Waals surface area contributed by atoms with Gasteiger partial charge >= 0.3 is 0 Å². The van der Waals surface area contributed by atoms with Gasteiger partial charge in [-0.05, 0) is 12.8 Å². The maximum Gasteiger partial charge on any atom is 0.281 e. The van der Waals surface area contributed by atoms with E-state index in [1.807, 2.05) is 0 Å². The molecule has 0 saturated carbocycles. The first-order valence-electron chi connectivity index (χ1n) is 5.00. The lowest BCUT2D eigenvalue weighted by Crippen LogP contribution is -2.45. The van der Waals surface area contributed by atoms with E-state index in [0.29, 0.717) is 26.2 Å². The van der Waals surface area contributed by atoms with E-state index in [1.165, 1.54) is 4.31 Å². The van der Waals surface area contributed by atoms with Crippen molar-refractivity contribution in [2.75, 3.05) is 33.2 Å². The maximum atomic E-state index is 11.9. The molecule has 0 atom stereocenters. The Kier molecular flexibility index (Phi) is 4.31. The second kappa shape index (κ2) is 5.06. The predicted octanol–water partition coefficient (Wildman–Crippen LogP) is -0.392. The van der Waals surface area contributed by atoms with Crippen molar-refractivity contribution >= 4 is 10.2 Å². The van der Waals surface area contributed by atoms with Crippen molar-refractivity contribution in [2.45, 2.75) is 19.3 Å². The molecule has 0 aromatic heterocycles. The van der Waals surface area contributed by atoms with Gasteiger partial charge in [-0.3, -0.25) is 0 Å². The van der Waals surface area contributed by atoms with Crippen LogP contribution in [-0.4, -0.2) is 50.3 Å². The Balaban J connectivity index is 2.62. The minimum atomic E-state index is -3.24. The molecule has 0 aromatic rings. The second-order valence-electron chi connectivity index (χ2n) is 3.58. The molecule has 84 valence electrons. The molecule has 0 spiro atoms. The van der Waals surface area contributed by atoms with Crippen LogP contribution in [-0.2, 0) is 10.2 Å². The SMILES string of the molecule is CN(CCN)S(=O)(=O)N1CCCCC1. The van der Waals surface area contributed by atoms with Gasteiger partial charge in [0, 0.05) is 33.2 Å². The van der Waals surface area contributed by atoms with Crippen molar-refractivity contribution in [2.24, 2.45) is 5.73 Å². The Bertz CT molecular complexity index is 260. The maximum absolute atomic E-state index is 11.9. The summed E-state index contributed by atoms with van der Waals surface area (Å²) in [7, 11) is -1.66. The summed E-state index contributed by atoms with van der Waals surface area (Å²) in [6.07, 6.45) is 3.07. The van der Waals surface area contributed by atoms with Crippen molar-refractivity contribution in [1.82, 2.24) is 8.61 Å². The molecule has 14 heavy (non-hydrogen) atoms. The Labute approximate surface area is 86.0 Å². The molecule has 1 saturated heterocycles. The van der Waals surface area contributed by atoms with E-state index in [9.17, 15) is 8.42 Å². The summed E-state index contributed by atoms with van der Waals surface area (Å²) in [6.45, 7) is 2.05. The van der Waals surface area contributed by atoms with E-state index in [1.54, 1.807) is 11.4 Å². The summed E-state index contributed by atoms with van der Waals surface area (Å²) in [6, 6.07) is 0. The van der Waals surface area contributed by atoms with Crippen LogP contribution in [0, 0.1) is 0 Å². The summed E-state index contributed by atoms with van der Waals surface area (Å²) in [4.78, 5) is 0. The normalized spacial score (nSPS) is 20.2. The fourth-order valence-corrected chi connectivity index (χ4v) is 3.04. The van der Waals surface area contributed by atoms with Gasteiger partial charge in [-0.25, -0.2) is 0 Å². The third kappa shape index (κ3) is 2.66. The van der Waals surface area contributed by atoms with Crippen molar-refractivity contribution in [3.8, 4) is 0 Å².